The van der Waals surface area contributed by atoms with Gasteiger partial charge in [0, 0.05) is 24.7 Å². The summed E-state index contributed by atoms with van der Waals surface area (Å²) in [6.45, 7) is 5.15. The van der Waals surface area contributed by atoms with Gasteiger partial charge in [0.1, 0.15) is 0 Å². The summed E-state index contributed by atoms with van der Waals surface area (Å²) in [4.78, 5) is 16.7. The molecule has 1 N–H and O–H groups in total. The predicted molar refractivity (Wildman–Crippen MR) is 79.9 cm³/mol. The molecule has 1 aliphatic rings. The highest BCUT2D eigenvalue weighted by Crippen LogP contribution is 2.24. The van der Waals surface area contributed by atoms with E-state index < -0.39 is 6.10 Å². The lowest BCUT2D eigenvalue weighted by Crippen LogP contribution is -2.41. The van der Waals surface area contributed by atoms with Gasteiger partial charge < -0.3 is 14.9 Å². The van der Waals surface area contributed by atoms with E-state index in [9.17, 15) is 9.90 Å². The van der Waals surface area contributed by atoms with Crippen molar-refractivity contribution < 1.29 is 9.90 Å². The maximum atomic E-state index is 12.8. The summed E-state index contributed by atoms with van der Waals surface area (Å²) >= 11 is 0. The van der Waals surface area contributed by atoms with Crippen molar-refractivity contribution in [3.8, 4) is 0 Å². The van der Waals surface area contributed by atoms with Crippen molar-refractivity contribution in [2.24, 2.45) is 0 Å². The monoisotopic (exact) mass is 276 g/mol. The van der Waals surface area contributed by atoms with Crippen LogP contribution in [0.5, 0.6) is 0 Å². The molecule has 0 saturated carbocycles. The van der Waals surface area contributed by atoms with Gasteiger partial charge in [-0.25, -0.2) is 0 Å². The number of carbonyl (C=O) groups excluding carboxylic acids is 1. The molecule has 0 aliphatic carbocycles. The lowest BCUT2D eigenvalue weighted by Gasteiger charge is -2.28. The van der Waals surface area contributed by atoms with Crippen LogP contribution in [0.4, 0.5) is 0 Å². The first-order valence-electron chi connectivity index (χ1n) is 7.10. The zero-order valence-corrected chi connectivity index (χ0v) is 12.8. The molecule has 0 bridgehead atoms. The van der Waals surface area contributed by atoms with Crippen LogP contribution in [-0.4, -0.2) is 60.1 Å². The number of aliphatic hydroxyl groups excluding tert-OH is 1. The quantitative estimate of drug-likeness (QED) is 0.908. The molecular formula is C16H24N2O2. The SMILES string of the molecule is Cc1cccc(C)c1C(=O)N1CC(O)CC1CN(C)C. The maximum Gasteiger partial charge on any atom is 0.254 e. The Labute approximate surface area is 121 Å². The first-order chi connectivity index (χ1) is 9.40. The highest BCUT2D eigenvalue weighted by atomic mass is 16.3. The Morgan fingerprint density at radius 2 is 1.95 bits per heavy atom. The van der Waals surface area contributed by atoms with Crippen LogP contribution in [-0.2, 0) is 0 Å². The van der Waals surface area contributed by atoms with Gasteiger partial charge in [-0.3, -0.25) is 4.79 Å². The zero-order chi connectivity index (χ0) is 14.9. The van der Waals surface area contributed by atoms with Gasteiger partial charge in [-0.05, 0) is 45.5 Å². The van der Waals surface area contributed by atoms with Gasteiger partial charge in [0.2, 0.25) is 0 Å². The summed E-state index contributed by atoms with van der Waals surface area (Å²) in [5.74, 6) is 0.0454. The number of amides is 1. The summed E-state index contributed by atoms with van der Waals surface area (Å²) in [7, 11) is 3.98. The molecule has 4 nitrogen and oxygen atoms in total. The van der Waals surface area contributed by atoms with Crippen LogP contribution in [0.15, 0.2) is 18.2 Å². The number of rotatable bonds is 3. The number of likely N-dealkylation sites (N-methyl/N-ethyl adjacent to an activating group) is 1. The predicted octanol–water partition coefficient (Wildman–Crippen LogP) is 1.44. The average molecular weight is 276 g/mol. The van der Waals surface area contributed by atoms with Gasteiger partial charge >= 0.3 is 0 Å². The molecule has 1 heterocycles. The van der Waals surface area contributed by atoms with Crippen LogP contribution in [0.1, 0.15) is 27.9 Å². The Morgan fingerprint density at radius 1 is 1.35 bits per heavy atom. The largest absolute Gasteiger partial charge is 0.391 e. The van der Waals surface area contributed by atoms with Gasteiger partial charge in [0.15, 0.2) is 0 Å². The van der Waals surface area contributed by atoms with Crippen molar-refractivity contribution in [3.05, 3.63) is 34.9 Å². The highest BCUT2D eigenvalue weighted by molar-refractivity contribution is 5.97. The molecule has 110 valence electrons. The van der Waals surface area contributed by atoms with E-state index in [0.29, 0.717) is 13.0 Å². The summed E-state index contributed by atoms with van der Waals surface area (Å²) in [5, 5.41) is 9.90. The van der Waals surface area contributed by atoms with Gasteiger partial charge in [-0.1, -0.05) is 18.2 Å². The number of nitrogens with zero attached hydrogens (tertiary/aromatic N) is 2. The van der Waals surface area contributed by atoms with E-state index in [0.717, 1.165) is 23.2 Å². The minimum absolute atomic E-state index is 0.0454. The van der Waals surface area contributed by atoms with Crippen LogP contribution in [0.3, 0.4) is 0 Å². The summed E-state index contributed by atoms with van der Waals surface area (Å²) < 4.78 is 0. The molecule has 0 spiro atoms. The zero-order valence-electron chi connectivity index (χ0n) is 12.8. The summed E-state index contributed by atoms with van der Waals surface area (Å²) in [6, 6.07) is 5.99. The number of carbonyl (C=O) groups is 1. The molecule has 1 aromatic carbocycles. The van der Waals surface area contributed by atoms with E-state index in [4.69, 9.17) is 0 Å². The molecule has 1 aliphatic heterocycles. The van der Waals surface area contributed by atoms with Gasteiger partial charge in [0.05, 0.1) is 6.10 Å². The number of β-amino-alcohol motifs (C(OH)–C–C–N with tert-alkyl or cyclic N) is 1. The minimum Gasteiger partial charge on any atom is -0.391 e. The molecule has 2 rings (SSSR count). The van der Waals surface area contributed by atoms with Crippen LogP contribution in [0.2, 0.25) is 0 Å². The summed E-state index contributed by atoms with van der Waals surface area (Å²) in [6.07, 6.45) is 0.253. The van der Waals surface area contributed by atoms with Gasteiger partial charge in [-0.2, -0.15) is 0 Å². The first kappa shape index (κ1) is 15.0. The van der Waals surface area contributed by atoms with Crippen molar-refractivity contribution >= 4 is 5.91 Å². The Hall–Kier alpha value is -1.39. The van der Waals surface area contributed by atoms with Crippen molar-refractivity contribution in [1.82, 2.24) is 9.80 Å². The number of hydrogen-bond acceptors (Lipinski definition) is 3. The third-order valence-electron chi connectivity index (χ3n) is 3.92. The Kier molecular flexibility index (Phi) is 4.45. The van der Waals surface area contributed by atoms with E-state index in [-0.39, 0.29) is 11.9 Å². The second-order valence-corrected chi connectivity index (χ2v) is 6.03. The number of hydrogen-bond donors (Lipinski definition) is 1. The summed E-state index contributed by atoms with van der Waals surface area (Å²) in [5.41, 5.74) is 2.78. The lowest BCUT2D eigenvalue weighted by atomic mass is 10.0. The third kappa shape index (κ3) is 3.02. The highest BCUT2D eigenvalue weighted by Gasteiger charge is 2.35. The van der Waals surface area contributed by atoms with E-state index in [1.807, 2.05) is 51.0 Å². The number of aliphatic hydroxyl groups is 1. The molecule has 1 saturated heterocycles. The molecule has 1 amide bonds. The standard InChI is InChI=1S/C16H24N2O2/c1-11-6-5-7-12(2)15(11)16(20)18-10-14(19)8-13(18)9-17(3)4/h5-7,13-14,19H,8-10H2,1-4H3. The molecule has 2 unspecified atom stereocenters. The number of benzene rings is 1. The molecule has 0 aromatic heterocycles. The van der Waals surface area contributed by atoms with E-state index in [1.54, 1.807) is 0 Å². The lowest BCUT2D eigenvalue weighted by molar-refractivity contribution is 0.0697. The fraction of sp³-hybridized carbons (Fsp3) is 0.562. The maximum absolute atomic E-state index is 12.8. The Bertz CT molecular complexity index is 479. The molecule has 20 heavy (non-hydrogen) atoms. The normalized spacial score (nSPS) is 22.6. The number of aryl methyl sites for hydroxylation is 2. The first-order valence-corrected chi connectivity index (χ1v) is 7.10. The third-order valence-corrected chi connectivity index (χ3v) is 3.92. The fourth-order valence-electron chi connectivity index (χ4n) is 3.03. The number of likely N-dealkylation sites (tertiary alicyclic amines) is 1. The van der Waals surface area contributed by atoms with Crippen LogP contribution >= 0.6 is 0 Å². The van der Waals surface area contributed by atoms with Crippen LogP contribution in [0, 0.1) is 13.8 Å². The molecule has 1 aromatic rings. The molecule has 4 heteroatoms. The Morgan fingerprint density at radius 3 is 2.50 bits per heavy atom. The van der Waals surface area contributed by atoms with E-state index in [2.05, 4.69) is 4.90 Å². The topological polar surface area (TPSA) is 43.8 Å². The minimum atomic E-state index is -0.409. The second-order valence-electron chi connectivity index (χ2n) is 6.03. The van der Waals surface area contributed by atoms with Crippen molar-refractivity contribution in [2.45, 2.75) is 32.4 Å². The van der Waals surface area contributed by atoms with E-state index in [1.165, 1.54) is 0 Å². The molecule has 1 fully saturated rings. The molecular weight excluding hydrogens is 252 g/mol. The van der Waals surface area contributed by atoms with E-state index >= 15 is 0 Å². The van der Waals surface area contributed by atoms with Gasteiger partial charge in [0.25, 0.3) is 5.91 Å². The van der Waals surface area contributed by atoms with Crippen LogP contribution < -0.4 is 0 Å². The van der Waals surface area contributed by atoms with Crippen molar-refractivity contribution in [3.63, 3.8) is 0 Å². The Balaban J connectivity index is 2.27. The van der Waals surface area contributed by atoms with Gasteiger partial charge in [-0.15, -0.1) is 0 Å². The average Bonchev–Trinajstić information content (AvgIpc) is 2.68. The second kappa shape index (κ2) is 5.94. The molecule has 0 radical (unpaired) electrons. The van der Waals surface area contributed by atoms with Crippen molar-refractivity contribution in [2.75, 3.05) is 27.2 Å². The van der Waals surface area contributed by atoms with Crippen LogP contribution in [0.25, 0.3) is 0 Å². The fourth-order valence-corrected chi connectivity index (χ4v) is 3.03. The smallest absolute Gasteiger partial charge is 0.254 e. The molecule has 2 atom stereocenters. The van der Waals surface area contributed by atoms with Crippen molar-refractivity contribution in [1.29, 1.82) is 0 Å².